The number of aliphatic hydroxyl groups is 9. The third-order valence-electron chi connectivity index (χ3n) is 15.8. The fourth-order valence-electron chi connectivity index (χ4n) is 10.1. The van der Waals surface area contributed by atoms with Gasteiger partial charge in [-0.05, 0) is 16.1 Å². The van der Waals surface area contributed by atoms with Crippen LogP contribution < -0.4 is 29.6 Å². The Morgan fingerprint density at radius 1 is 0.235 bits per heavy atom. The van der Waals surface area contributed by atoms with Gasteiger partial charge in [0.25, 0.3) is 0 Å². The fraction of sp³-hybridized carbons (Fsp3) is 0.824. The van der Waals surface area contributed by atoms with E-state index < -0.39 is 103 Å². The first kappa shape index (κ1) is 99.1. The number of hydrogen-bond acceptors (Lipinski definition) is 28. The van der Waals surface area contributed by atoms with Crippen LogP contribution in [0.1, 0.15) is 12.6 Å². The van der Waals surface area contributed by atoms with Gasteiger partial charge in [-0.2, -0.15) is 0 Å². The SMILES string of the molecule is CI.COCC(COC)(COC)COCC(COCCOCc1ccccc1)(COCC(COC)(COC)COC)COCC(COC)(COC)COC.OCC(CO)(CO)COCC(COCCOCc1ccccc1)(COCC(CO)(CO)CO)COCC(CO)(CO)CO.[H-].[Na+]. The van der Waals surface area contributed by atoms with Crippen molar-refractivity contribution >= 4 is 22.6 Å². The summed E-state index contributed by atoms with van der Waals surface area (Å²) in [6, 6.07) is 19.6. The Balaban J connectivity index is -0.00000181. The summed E-state index contributed by atoms with van der Waals surface area (Å²) in [5, 5.41) is 87.4. The fourth-order valence-corrected chi connectivity index (χ4v) is 10.1. The van der Waals surface area contributed by atoms with Crippen molar-refractivity contribution in [3.63, 3.8) is 0 Å². The van der Waals surface area contributed by atoms with E-state index in [0.29, 0.717) is 106 Å². The van der Waals surface area contributed by atoms with Crippen LogP contribution in [-0.2, 0) is 103 Å². The number of ether oxygens (including phenoxy) is 19. The molecule has 0 fully saturated rings. The first-order valence-electron chi connectivity index (χ1n) is 32.1. The van der Waals surface area contributed by atoms with Gasteiger partial charge in [-0.1, -0.05) is 83.3 Å². The summed E-state index contributed by atoms with van der Waals surface area (Å²) in [7, 11) is 14.9. The Kier molecular flexibility index (Phi) is 60.9. The number of hydrogen-bond donors (Lipinski definition) is 9. The predicted octanol–water partition coefficient (Wildman–Crippen LogP) is -1.65. The largest absolute Gasteiger partial charge is 1.00 e. The van der Waals surface area contributed by atoms with E-state index >= 15 is 0 Å². The molecule has 0 saturated carbocycles. The van der Waals surface area contributed by atoms with Gasteiger partial charge in [-0.15, -0.1) is 0 Å². The molecule has 2 aromatic carbocycles. The minimum absolute atomic E-state index is 0. The Morgan fingerprint density at radius 2 is 0.388 bits per heavy atom. The van der Waals surface area contributed by atoms with Crippen LogP contribution in [0, 0.1) is 43.3 Å². The van der Waals surface area contributed by atoms with Crippen LogP contribution in [-0.4, -0.2) is 353 Å². The van der Waals surface area contributed by atoms with Crippen molar-refractivity contribution < 1.29 is 167 Å². The first-order chi connectivity index (χ1) is 47.0. The topological polar surface area (TPSA) is 357 Å². The molecular weight excluding hydrogens is 1410 g/mol. The van der Waals surface area contributed by atoms with Crippen LogP contribution >= 0.6 is 22.6 Å². The minimum Gasteiger partial charge on any atom is -1.00 e. The van der Waals surface area contributed by atoms with E-state index in [1.165, 1.54) is 0 Å². The van der Waals surface area contributed by atoms with Gasteiger partial charge >= 0.3 is 29.6 Å². The van der Waals surface area contributed by atoms with Crippen molar-refractivity contribution in [2.45, 2.75) is 13.2 Å². The van der Waals surface area contributed by atoms with Gasteiger partial charge in [-0.3, -0.25) is 0 Å². The molecule has 0 saturated heterocycles. The van der Waals surface area contributed by atoms with E-state index in [-0.39, 0.29) is 117 Å². The van der Waals surface area contributed by atoms with Gasteiger partial charge in [0, 0.05) is 64.0 Å². The summed E-state index contributed by atoms with van der Waals surface area (Å²) in [5.41, 5.74) is -5.37. The van der Waals surface area contributed by atoms with Crippen molar-refractivity contribution in [2.24, 2.45) is 43.3 Å². The molecule has 0 radical (unpaired) electrons. The summed E-state index contributed by atoms with van der Waals surface area (Å²) in [6.45, 7) is 1.21. The molecule has 0 aliphatic heterocycles. The van der Waals surface area contributed by atoms with Gasteiger partial charge < -0.3 is 137 Å². The van der Waals surface area contributed by atoms with E-state index in [9.17, 15) is 46.0 Å². The second-order valence-corrected chi connectivity index (χ2v) is 25.5. The van der Waals surface area contributed by atoms with Crippen molar-refractivity contribution in [1.82, 2.24) is 0 Å². The average Bonchev–Trinajstić information content (AvgIpc) is 0.896. The van der Waals surface area contributed by atoms with Gasteiger partial charge in [0.05, 0.1) is 294 Å². The van der Waals surface area contributed by atoms with Crippen molar-refractivity contribution in [3.8, 4) is 0 Å². The van der Waals surface area contributed by atoms with Crippen molar-refractivity contribution in [1.29, 1.82) is 0 Å². The quantitative estimate of drug-likeness (QED) is 0.0155. The molecule has 0 aliphatic rings. The predicted molar refractivity (Wildman–Crippen MR) is 370 cm³/mol. The summed E-state index contributed by atoms with van der Waals surface area (Å²) in [6.07, 6.45) is 0. The monoisotopic (exact) mass is 1540 g/mol. The molecule has 0 atom stereocenters. The molecule has 0 unspecified atom stereocenters. The maximum absolute atomic E-state index is 9.71. The maximum Gasteiger partial charge on any atom is 1.00 e. The normalized spacial score (nSPS) is 12.7. The molecule has 9 N–H and O–H groups in total. The van der Waals surface area contributed by atoms with Crippen LogP contribution in [0.2, 0.25) is 0 Å². The van der Waals surface area contributed by atoms with Crippen LogP contribution in [0.15, 0.2) is 60.7 Å². The smallest absolute Gasteiger partial charge is 1.00 e. The summed E-state index contributed by atoms with van der Waals surface area (Å²) >= 11 is 2.15. The molecule has 2 aromatic rings. The molecular formula is C68H126INaO28. The standard InChI is InChI=1S/C38H70O14.C29H52O14.CH3I.Na.H/c1-39-18-35(19-40-2,20-41-3)28-50-31-38(27-49-16-15-48-17-34-13-11-10-12-14-34,32-51-29-36(21-42-4,22-43-5)23-44-6)33-52-30-37(24-45-7,25-46-8)26-47-9;30-9-26(10-31,11-32)18-41-22-29(23-42-19-27(12-33,13-34)14-35,24-43-20-28(15-36,16-37)17-38)21-40-7-6-39-8-25-4-2-1-3-5-25;1-2;;/h10-14H,15-33H2,1-9H3;1-5,30-38H,6-24H2;1H3;;/q;;;+1;-1. The van der Waals surface area contributed by atoms with E-state index in [2.05, 4.69) is 22.6 Å². The average molecular weight is 1540 g/mol. The molecule has 98 heavy (non-hydrogen) atoms. The molecule has 28 nitrogen and oxygen atoms in total. The zero-order valence-electron chi connectivity index (χ0n) is 61.8. The summed E-state index contributed by atoms with van der Waals surface area (Å²) < 4.78 is 111. The molecule has 0 aliphatic carbocycles. The Morgan fingerprint density at radius 3 is 0.561 bits per heavy atom. The summed E-state index contributed by atoms with van der Waals surface area (Å²) in [4.78, 5) is 1.97. The molecule has 0 spiro atoms. The van der Waals surface area contributed by atoms with Gasteiger partial charge in [0.1, 0.15) is 0 Å². The third kappa shape index (κ3) is 39.4. The number of rotatable bonds is 65. The number of halogens is 1. The zero-order chi connectivity index (χ0) is 72.5. The number of benzene rings is 2. The molecule has 0 amide bonds. The molecule has 30 heteroatoms. The van der Waals surface area contributed by atoms with Gasteiger partial charge in [0.15, 0.2) is 0 Å². The minimum atomic E-state index is -1.32. The van der Waals surface area contributed by atoms with Gasteiger partial charge in [0.2, 0.25) is 0 Å². The van der Waals surface area contributed by atoms with E-state index in [1.807, 2.05) is 65.6 Å². The van der Waals surface area contributed by atoms with Crippen LogP contribution in [0.4, 0.5) is 0 Å². The number of aliphatic hydroxyl groups excluding tert-OH is 9. The first-order valence-corrected chi connectivity index (χ1v) is 34.3. The van der Waals surface area contributed by atoms with Crippen LogP contribution in [0.25, 0.3) is 0 Å². The molecule has 574 valence electrons. The zero-order valence-corrected chi connectivity index (χ0v) is 65.0. The van der Waals surface area contributed by atoms with E-state index in [4.69, 9.17) is 90.0 Å². The second-order valence-electron chi connectivity index (χ2n) is 25.5. The van der Waals surface area contributed by atoms with E-state index in [1.54, 1.807) is 64.0 Å². The number of methoxy groups -OCH3 is 9. The Hall–Kier alpha value is -0.950. The maximum atomic E-state index is 9.71. The third-order valence-corrected chi connectivity index (χ3v) is 15.8. The molecule has 2 rings (SSSR count). The Labute approximate surface area is 620 Å². The van der Waals surface area contributed by atoms with Crippen molar-refractivity contribution in [2.75, 3.05) is 307 Å². The molecule has 0 aromatic heterocycles. The van der Waals surface area contributed by atoms with E-state index in [0.717, 1.165) is 11.1 Å². The summed E-state index contributed by atoms with van der Waals surface area (Å²) in [5.74, 6) is 0. The van der Waals surface area contributed by atoms with Crippen LogP contribution in [0.5, 0.6) is 0 Å². The van der Waals surface area contributed by atoms with Gasteiger partial charge in [-0.25, -0.2) is 0 Å². The molecule has 0 bridgehead atoms. The number of alkyl halides is 1. The van der Waals surface area contributed by atoms with Crippen LogP contribution in [0.3, 0.4) is 0 Å². The van der Waals surface area contributed by atoms with Crippen molar-refractivity contribution in [3.05, 3.63) is 71.8 Å². The molecule has 0 heterocycles. The second kappa shape index (κ2) is 60.2. The Bertz CT molecular complexity index is 1840.